The zero-order valence-electron chi connectivity index (χ0n) is 13.3. The molecule has 0 aliphatic carbocycles. The number of aryl methyl sites for hydroxylation is 1. The van der Waals surface area contributed by atoms with Crippen LogP contribution in [0.5, 0.6) is 0 Å². The van der Waals surface area contributed by atoms with Crippen molar-refractivity contribution in [3.8, 4) is 0 Å². The molecule has 0 amide bonds. The van der Waals surface area contributed by atoms with Gasteiger partial charge in [-0.2, -0.15) is 0 Å². The molecular weight excluding hydrogens is 310 g/mol. The Labute approximate surface area is 141 Å². The van der Waals surface area contributed by atoms with E-state index in [-0.39, 0.29) is 12.0 Å². The molecule has 3 rings (SSSR count). The van der Waals surface area contributed by atoms with E-state index in [4.69, 9.17) is 16.7 Å². The molecule has 1 heterocycles. The first-order valence-electron chi connectivity index (χ1n) is 7.74. The van der Waals surface area contributed by atoms with Crippen molar-refractivity contribution in [2.45, 2.75) is 31.7 Å². The Kier molecular flexibility index (Phi) is 4.07. The second-order valence-electron chi connectivity index (χ2n) is 6.35. The van der Waals surface area contributed by atoms with Crippen molar-refractivity contribution in [2.75, 3.05) is 11.9 Å². The molecule has 1 aliphatic rings. The smallest absolute Gasteiger partial charge is 0.307 e. The highest BCUT2D eigenvalue weighted by atomic mass is 35.5. The first-order valence-corrected chi connectivity index (χ1v) is 8.12. The second kappa shape index (κ2) is 5.89. The summed E-state index contributed by atoms with van der Waals surface area (Å²) in [7, 11) is 2.06. The number of benzene rings is 2. The molecule has 0 saturated carbocycles. The van der Waals surface area contributed by atoms with Crippen LogP contribution in [0, 0.1) is 0 Å². The van der Waals surface area contributed by atoms with Crippen molar-refractivity contribution in [1.29, 1.82) is 0 Å². The van der Waals surface area contributed by atoms with E-state index in [2.05, 4.69) is 43.1 Å². The Balaban J connectivity index is 2.03. The number of aliphatic carboxylic acids is 1. The van der Waals surface area contributed by atoms with Gasteiger partial charge in [-0.25, -0.2) is 0 Å². The summed E-state index contributed by atoms with van der Waals surface area (Å²) in [5.41, 5.74) is 4.05. The molecule has 1 N–H and O–H groups in total. The number of anilines is 1. The van der Waals surface area contributed by atoms with E-state index in [1.165, 1.54) is 5.56 Å². The Bertz CT molecular complexity index is 745. The highest BCUT2D eigenvalue weighted by molar-refractivity contribution is 6.33. The van der Waals surface area contributed by atoms with Crippen LogP contribution in [0.15, 0.2) is 42.5 Å². The summed E-state index contributed by atoms with van der Waals surface area (Å²) in [5, 5.41) is 9.62. The van der Waals surface area contributed by atoms with E-state index >= 15 is 0 Å². The molecule has 4 heteroatoms. The molecule has 0 fully saturated rings. The number of carboxylic acids is 1. The maximum Gasteiger partial charge on any atom is 0.307 e. The van der Waals surface area contributed by atoms with Crippen molar-refractivity contribution >= 4 is 23.3 Å². The van der Waals surface area contributed by atoms with Crippen molar-refractivity contribution in [1.82, 2.24) is 0 Å². The number of hydrogen-bond donors (Lipinski definition) is 1. The van der Waals surface area contributed by atoms with Crippen molar-refractivity contribution in [3.05, 3.63) is 64.2 Å². The first kappa shape index (κ1) is 15.9. The number of hydrogen-bond acceptors (Lipinski definition) is 2. The quantitative estimate of drug-likeness (QED) is 0.914. The summed E-state index contributed by atoms with van der Waals surface area (Å²) < 4.78 is 0. The van der Waals surface area contributed by atoms with Gasteiger partial charge >= 0.3 is 5.97 Å². The van der Waals surface area contributed by atoms with Crippen LogP contribution < -0.4 is 4.90 Å². The molecule has 0 aromatic heterocycles. The van der Waals surface area contributed by atoms with Crippen molar-refractivity contribution in [3.63, 3.8) is 0 Å². The molecule has 2 aromatic carbocycles. The van der Waals surface area contributed by atoms with E-state index in [0.29, 0.717) is 5.02 Å². The third kappa shape index (κ3) is 2.81. The van der Waals surface area contributed by atoms with Gasteiger partial charge in [-0.05, 0) is 42.5 Å². The van der Waals surface area contributed by atoms with Crippen LogP contribution in [0.1, 0.15) is 30.0 Å². The predicted octanol–water partition coefficient (Wildman–Crippen LogP) is 4.26. The van der Waals surface area contributed by atoms with Crippen LogP contribution in [0.3, 0.4) is 0 Å². The van der Waals surface area contributed by atoms with Crippen LogP contribution in [0.2, 0.25) is 5.02 Å². The lowest BCUT2D eigenvalue weighted by molar-refractivity contribution is -0.136. The Morgan fingerprint density at radius 2 is 2.00 bits per heavy atom. The monoisotopic (exact) mass is 329 g/mol. The summed E-state index contributed by atoms with van der Waals surface area (Å²) in [4.78, 5) is 13.2. The Morgan fingerprint density at radius 3 is 2.65 bits per heavy atom. The third-order valence-electron chi connectivity index (χ3n) is 4.91. The molecule has 0 bridgehead atoms. The fourth-order valence-electron chi connectivity index (χ4n) is 3.49. The minimum atomic E-state index is -0.834. The maximum atomic E-state index is 10.9. The first-order chi connectivity index (χ1) is 10.9. The molecule has 1 unspecified atom stereocenters. The van der Waals surface area contributed by atoms with Gasteiger partial charge in [-0.15, -0.1) is 0 Å². The lowest BCUT2D eigenvalue weighted by atomic mass is 9.80. The summed E-state index contributed by atoms with van der Waals surface area (Å²) in [6.07, 6.45) is 1.86. The van der Waals surface area contributed by atoms with Crippen LogP contribution in [-0.2, 0) is 23.2 Å². The zero-order valence-corrected chi connectivity index (χ0v) is 14.1. The van der Waals surface area contributed by atoms with Gasteiger partial charge in [0.1, 0.15) is 0 Å². The third-order valence-corrected chi connectivity index (χ3v) is 5.20. The fourth-order valence-corrected chi connectivity index (χ4v) is 3.88. The van der Waals surface area contributed by atoms with Gasteiger partial charge < -0.3 is 10.0 Å². The fraction of sp³-hybridized carbons (Fsp3) is 0.316. The van der Waals surface area contributed by atoms with Crippen LogP contribution in [0.25, 0.3) is 0 Å². The van der Waals surface area contributed by atoms with Crippen LogP contribution in [-0.4, -0.2) is 18.1 Å². The van der Waals surface area contributed by atoms with Gasteiger partial charge in [0, 0.05) is 7.05 Å². The number of carboxylic acid groups (broad SMARTS) is 1. The highest BCUT2D eigenvalue weighted by Crippen LogP contribution is 2.45. The Hall–Kier alpha value is -2.00. The van der Waals surface area contributed by atoms with E-state index in [1.54, 1.807) is 6.07 Å². The van der Waals surface area contributed by atoms with Gasteiger partial charge in [0.2, 0.25) is 0 Å². The molecule has 2 aromatic rings. The largest absolute Gasteiger partial charge is 0.481 e. The van der Waals surface area contributed by atoms with Gasteiger partial charge in [-0.1, -0.05) is 48.0 Å². The summed E-state index contributed by atoms with van der Waals surface area (Å²) >= 11 is 6.51. The van der Waals surface area contributed by atoms with E-state index in [1.807, 2.05) is 12.1 Å². The predicted molar refractivity (Wildman–Crippen MR) is 93.3 cm³/mol. The number of fused-ring (bicyclic) bond motifs is 1. The molecule has 23 heavy (non-hydrogen) atoms. The molecule has 3 nitrogen and oxygen atoms in total. The second-order valence-corrected chi connectivity index (χ2v) is 6.76. The SMILES string of the molecule is CN1c2c(Cl)cc(CC(=O)O)cc2CCC1(C)c1ccccc1. The number of carbonyl (C=O) groups is 1. The van der Waals surface area contributed by atoms with Gasteiger partial charge in [0.25, 0.3) is 0 Å². The Morgan fingerprint density at radius 1 is 1.30 bits per heavy atom. The zero-order chi connectivity index (χ0) is 16.6. The lowest BCUT2D eigenvalue weighted by Crippen LogP contribution is -2.45. The summed E-state index contributed by atoms with van der Waals surface area (Å²) in [6, 6.07) is 14.2. The van der Waals surface area contributed by atoms with E-state index < -0.39 is 5.97 Å². The number of halogens is 1. The molecule has 0 radical (unpaired) electrons. The number of nitrogens with zero attached hydrogens (tertiary/aromatic N) is 1. The molecule has 1 aliphatic heterocycles. The standard InChI is InChI=1S/C19H20ClNO2/c1-19(15-6-4-3-5-7-15)9-8-14-10-13(12-17(22)23)11-16(20)18(14)21(19)2/h3-7,10-11H,8-9,12H2,1-2H3,(H,22,23). The molecular formula is C19H20ClNO2. The molecule has 1 atom stereocenters. The molecule has 0 saturated heterocycles. The average Bonchev–Trinajstić information content (AvgIpc) is 2.51. The summed E-state index contributed by atoms with van der Waals surface area (Å²) in [5.74, 6) is -0.834. The van der Waals surface area contributed by atoms with Gasteiger partial charge in [-0.3, -0.25) is 4.79 Å². The van der Waals surface area contributed by atoms with Crippen LogP contribution in [0.4, 0.5) is 5.69 Å². The average molecular weight is 330 g/mol. The molecule has 0 spiro atoms. The highest BCUT2D eigenvalue weighted by Gasteiger charge is 2.37. The van der Waals surface area contributed by atoms with E-state index in [9.17, 15) is 4.79 Å². The van der Waals surface area contributed by atoms with Crippen LogP contribution >= 0.6 is 11.6 Å². The number of rotatable bonds is 3. The maximum absolute atomic E-state index is 10.9. The van der Waals surface area contributed by atoms with Gasteiger partial charge in [0.05, 0.1) is 22.7 Å². The topological polar surface area (TPSA) is 40.5 Å². The normalized spacial score (nSPS) is 20.2. The van der Waals surface area contributed by atoms with Crippen molar-refractivity contribution in [2.24, 2.45) is 0 Å². The summed E-state index contributed by atoms with van der Waals surface area (Å²) in [6.45, 7) is 2.23. The van der Waals surface area contributed by atoms with Gasteiger partial charge in [0.15, 0.2) is 0 Å². The van der Waals surface area contributed by atoms with E-state index in [0.717, 1.165) is 29.7 Å². The minimum Gasteiger partial charge on any atom is -0.481 e. The van der Waals surface area contributed by atoms with Crippen molar-refractivity contribution < 1.29 is 9.90 Å². The lowest BCUT2D eigenvalue weighted by Gasteiger charge is -2.46. The minimum absolute atomic E-state index is 0.00661. The molecule has 120 valence electrons.